The van der Waals surface area contributed by atoms with Crippen molar-refractivity contribution < 1.29 is 0 Å². The smallest absolute Gasteiger partial charge is 0.162 e. The van der Waals surface area contributed by atoms with Gasteiger partial charge in [0.05, 0.1) is 0 Å². The van der Waals surface area contributed by atoms with Crippen molar-refractivity contribution >= 4 is 33.2 Å². The zero-order chi connectivity index (χ0) is 14.3. The maximum Gasteiger partial charge on any atom is 0.162 e. The van der Waals surface area contributed by atoms with Crippen molar-refractivity contribution in [2.45, 2.75) is 27.2 Å². The molecule has 0 saturated heterocycles. The van der Waals surface area contributed by atoms with Gasteiger partial charge in [-0.1, -0.05) is 18.5 Å². The van der Waals surface area contributed by atoms with E-state index in [0.717, 1.165) is 33.6 Å². The number of hydrogen-bond donors (Lipinski definition) is 0. The summed E-state index contributed by atoms with van der Waals surface area (Å²) in [6.45, 7) is 6.07. The Bertz CT molecular complexity index is 775. The standard InChI is InChI=1S/C15H14ClN3S/c1-4-11-7-12-13(16)18-14(19-15(12)20-11)10-5-8(2)17-9(3)6-10/h5-7H,4H2,1-3H3. The second-order valence-electron chi connectivity index (χ2n) is 4.76. The highest BCUT2D eigenvalue weighted by Gasteiger charge is 2.12. The van der Waals surface area contributed by atoms with Crippen LogP contribution in [0, 0.1) is 13.8 Å². The fourth-order valence-electron chi connectivity index (χ4n) is 2.20. The van der Waals surface area contributed by atoms with Crippen molar-refractivity contribution in [1.29, 1.82) is 0 Å². The van der Waals surface area contributed by atoms with Gasteiger partial charge in [-0.3, -0.25) is 4.98 Å². The Morgan fingerprint density at radius 3 is 2.40 bits per heavy atom. The summed E-state index contributed by atoms with van der Waals surface area (Å²) in [6, 6.07) is 6.05. The molecule has 0 atom stereocenters. The Balaban J connectivity index is 2.21. The molecule has 0 aliphatic rings. The third-order valence-corrected chi connectivity index (χ3v) is 4.55. The van der Waals surface area contributed by atoms with E-state index in [4.69, 9.17) is 11.6 Å². The lowest BCUT2D eigenvalue weighted by atomic mass is 10.2. The largest absolute Gasteiger partial charge is 0.258 e. The first-order valence-corrected chi connectivity index (χ1v) is 7.68. The molecule has 0 fully saturated rings. The van der Waals surface area contributed by atoms with Gasteiger partial charge in [0.1, 0.15) is 9.98 Å². The van der Waals surface area contributed by atoms with E-state index in [1.54, 1.807) is 11.3 Å². The maximum atomic E-state index is 6.30. The monoisotopic (exact) mass is 303 g/mol. The van der Waals surface area contributed by atoms with Crippen molar-refractivity contribution in [2.75, 3.05) is 0 Å². The molecule has 0 aromatic carbocycles. The molecule has 0 bridgehead atoms. The van der Waals surface area contributed by atoms with Gasteiger partial charge in [-0.05, 0) is 38.5 Å². The number of hydrogen-bond acceptors (Lipinski definition) is 4. The van der Waals surface area contributed by atoms with Crippen LogP contribution < -0.4 is 0 Å². The average Bonchev–Trinajstić information content (AvgIpc) is 2.81. The van der Waals surface area contributed by atoms with Crippen molar-refractivity contribution in [3.8, 4) is 11.4 Å². The highest BCUT2D eigenvalue weighted by Crippen LogP contribution is 2.31. The molecule has 0 aliphatic heterocycles. The van der Waals surface area contributed by atoms with Gasteiger partial charge >= 0.3 is 0 Å². The number of aryl methyl sites for hydroxylation is 3. The van der Waals surface area contributed by atoms with E-state index in [1.165, 1.54) is 4.88 Å². The molecule has 0 saturated carbocycles. The minimum absolute atomic E-state index is 0.521. The lowest BCUT2D eigenvalue weighted by Crippen LogP contribution is -1.93. The molecule has 0 unspecified atom stereocenters. The van der Waals surface area contributed by atoms with E-state index in [0.29, 0.717) is 11.0 Å². The Hall–Kier alpha value is -1.52. The van der Waals surface area contributed by atoms with Crippen LogP contribution in [0.1, 0.15) is 23.2 Å². The first-order valence-electron chi connectivity index (χ1n) is 6.48. The quantitative estimate of drug-likeness (QED) is 0.650. The van der Waals surface area contributed by atoms with Crippen LogP contribution in [-0.4, -0.2) is 15.0 Å². The predicted octanol–water partition coefficient (Wildman–Crippen LogP) is 4.59. The molecule has 20 heavy (non-hydrogen) atoms. The highest BCUT2D eigenvalue weighted by molar-refractivity contribution is 7.18. The maximum absolute atomic E-state index is 6.30. The van der Waals surface area contributed by atoms with Crippen molar-refractivity contribution in [1.82, 2.24) is 15.0 Å². The normalized spacial score (nSPS) is 11.2. The van der Waals surface area contributed by atoms with Gasteiger partial charge in [-0.15, -0.1) is 11.3 Å². The van der Waals surface area contributed by atoms with Gasteiger partial charge in [0, 0.05) is 27.2 Å². The van der Waals surface area contributed by atoms with Gasteiger partial charge in [0.25, 0.3) is 0 Å². The van der Waals surface area contributed by atoms with Gasteiger partial charge in [-0.2, -0.15) is 0 Å². The minimum atomic E-state index is 0.521. The van der Waals surface area contributed by atoms with Crippen LogP contribution in [0.3, 0.4) is 0 Å². The summed E-state index contributed by atoms with van der Waals surface area (Å²) >= 11 is 7.98. The first-order chi connectivity index (χ1) is 9.56. The fraction of sp³-hybridized carbons (Fsp3) is 0.267. The molecular formula is C15H14ClN3S. The summed E-state index contributed by atoms with van der Waals surface area (Å²) < 4.78 is 0. The predicted molar refractivity (Wildman–Crippen MR) is 84.5 cm³/mol. The third kappa shape index (κ3) is 2.41. The minimum Gasteiger partial charge on any atom is -0.258 e. The van der Waals surface area contributed by atoms with E-state index in [1.807, 2.05) is 26.0 Å². The zero-order valence-electron chi connectivity index (χ0n) is 11.6. The lowest BCUT2D eigenvalue weighted by molar-refractivity contribution is 1.11. The Morgan fingerprint density at radius 1 is 1.05 bits per heavy atom. The summed E-state index contributed by atoms with van der Waals surface area (Å²) in [7, 11) is 0. The lowest BCUT2D eigenvalue weighted by Gasteiger charge is -2.04. The number of halogens is 1. The van der Waals surface area contributed by atoms with E-state index < -0.39 is 0 Å². The molecule has 3 rings (SSSR count). The second-order valence-corrected chi connectivity index (χ2v) is 6.23. The van der Waals surface area contributed by atoms with Crippen LogP contribution in [0.5, 0.6) is 0 Å². The van der Waals surface area contributed by atoms with Crippen LogP contribution in [0.2, 0.25) is 5.15 Å². The van der Waals surface area contributed by atoms with Crippen molar-refractivity contribution in [2.24, 2.45) is 0 Å². The molecule has 0 radical (unpaired) electrons. The van der Waals surface area contributed by atoms with Crippen molar-refractivity contribution in [3.05, 3.63) is 39.6 Å². The summed E-state index contributed by atoms with van der Waals surface area (Å²) in [5, 5.41) is 1.47. The molecular weight excluding hydrogens is 290 g/mol. The zero-order valence-corrected chi connectivity index (χ0v) is 13.1. The summed E-state index contributed by atoms with van der Waals surface area (Å²) in [4.78, 5) is 15.7. The Morgan fingerprint density at radius 2 is 1.75 bits per heavy atom. The number of rotatable bonds is 2. The van der Waals surface area contributed by atoms with Crippen LogP contribution in [0.25, 0.3) is 21.6 Å². The molecule has 0 amide bonds. The number of thiophene rings is 1. The van der Waals surface area contributed by atoms with Gasteiger partial charge < -0.3 is 0 Å². The van der Waals surface area contributed by atoms with E-state index in [-0.39, 0.29) is 0 Å². The molecule has 0 spiro atoms. The highest BCUT2D eigenvalue weighted by atomic mass is 35.5. The number of pyridine rings is 1. The van der Waals surface area contributed by atoms with Gasteiger partial charge in [0.2, 0.25) is 0 Å². The van der Waals surface area contributed by atoms with Crippen LogP contribution in [-0.2, 0) is 6.42 Å². The molecule has 0 N–H and O–H groups in total. The van der Waals surface area contributed by atoms with Crippen LogP contribution in [0.4, 0.5) is 0 Å². The molecule has 3 heterocycles. The Kier molecular flexibility index (Phi) is 3.44. The topological polar surface area (TPSA) is 38.7 Å². The van der Waals surface area contributed by atoms with Gasteiger partial charge in [0.15, 0.2) is 5.82 Å². The van der Waals surface area contributed by atoms with E-state index in [2.05, 4.69) is 27.9 Å². The molecule has 5 heteroatoms. The van der Waals surface area contributed by atoms with E-state index >= 15 is 0 Å². The first kappa shape index (κ1) is 13.5. The number of aromatic nitrogens is 3. The SMILES string of the molecule is CCc1cc2c(Cl)nc(-c3cc(C)nc(C)c3)nc2s1. The van der Waals surface area contributed by atoms with Crippen molar-refractivity contribution in [3.63, 3.8) is 0 Å². The van der Waals surface area contributed by atoms with Gasteiger partial charge in [-0.25, -0.2) is 9.97 Å². The average molecular weight is 304 g/mol. The second kappa shape index (κ2) is 5.11. The third-order valence-electron chi connectivity index (χ3n) is 3.09. The fourth-order valence-corrected chi connectivity index (χ4v) is 3.45. The summed E-state index contributed by atoms with van der Waals surface area (Å²) in [5.74, 6) is 0.667. The van der Waals surface area contributed by atoms with Crippen LogP contribution in [0.15, 0.2) is 18.2 Å². The molecule has 3 nitrogen and oxygen atoms in total. The molecule has 102 valence electrons. The molecule has 0 aliphatic carbocycles. The number of nitrogens with zero attached hydrogens (tertiary/aromatic N) is 3. The summed E-state index contributed by atoms with van der Waals surface area (Å²) in [5.41, 5.74) is 2.88. The van der Waals surface area contributed by atoms with E-state index in [9.17, 15) is 0 Å². The summed E-state index contributed by atoms with van der Waals surface area (Å²) in [6.07, 6.45) is 0.986. The molecule has 3 aromatic rings. The van der Waals surface area contributed by atoms with Crippen LogP contribution >= 0.6 is 22.9 Å². The molecule has 3 aromatic heterocycles. The number of fused-ring (bicyclic) bond motifs is 1. The Labute approximate surface area is 126 Å².